The van der Waals surface area contributed by atoms with Crippen LogP contribution in [0.2, 0.25) is 0 Å². The summed E-state index contributed by atoms with van der Waals surface area (Å²) in [5, 5.41) is 21.0. The molecule has 4 nitrogen and oxygen atoms in total. The van der Waals surface area contributed by atoms with Crippen molar-refractivity contribution in [2.45, 2.75) is 39.7 Å². The van der Waals surface area contributed by atoms with Crippen molar-refractivity contribution < 1.29 is 5.11 Å². The average Bonchev–Trinajstić information content (AvgIpc) is 2.93. The molecule has 1 aliphatic heterocycles. The molecule has 1 aromatic heterocycles. The Bertz CT molecular complexity index is 492. The SMILES string of the molecule is CCc1csc(C2=C(O)CN([C@H](C)CC)C2=N)n1. The van der Waals surface area contributed by atoms with Crippen molar-refractivity contribution in [1.29, 1.82) is 5.41 Å². The molecule has 18 heavy (non-hydrogen) atoms. The summed E-state index contributed by atoms with van der Waals surface area (Å²) in [5.41, 5.74) is 1.63. The Morgan fingerprint density at radius 2 is 2.28 bits per heavy atom. The van der Waals surface area contributed by atoms with Gasteiger partial charge >= 0.3 is 0 Å². The largest absolute Gasteiger partial charge is 0.510 e. The maximum atomic E-state index is 10.1. The normalized spacial score (nSPS) is 17.7. The number of hydrogen-bond acceptors (Lipinski definition) is 4. The topological polar surface area (TPSA) is 60.2 Å². The molecule has 0 saturated carbocycles. The highest BCUT2D eigenvalue weighted by Gasteiger charge is 2.32. The van der Waals surface area contributed by atoms with Gasteiger partial charge in [-0.2, -0.15) is 0 Å². The number of nitrogens with one attached hydrogen (secondary N) is 1. The zero-order chi connectivity index (χ0) is 13.3. The highest BCUT2D eigenvalue weighted by atomic mass is 32.1. The molecule has 0 unspecified atom stereocenters. The van der Waals surface area contributed by atoms with Crippen molar-refractivity contribution in [2.24, 2.45) is 0 Å². The summed E-state index contributed by atoms with van der Waals surface area (Å²) in [6.45, 7) is 6.65. The van der Waals surface area contributed by atoms with Gasteiger partial charge in [-0.15, -0.1) is 11.3 Å². The minimum Gasteiger partial charge on any atom is -0.510 e. The number of amidine groups is 1. The van der Waals surface area contributed by atoms with E-state index in [2.05, 4.69) is 25.8 Å². The van der Waals surface area contributed by atoms with Crippen LogP contribution in [0.3, 0.4) is 0 Å². The van der Waals surface area contributed by atoms with Crippen LogP contribution in [0.4, 0.5) is 0 Å². The molecule has 0 bridgehead atoms. The molecule has 1 atom stereocenters. The van der Waals surface area contributed by atoms with E-state index in [0.29, 0.717) is 18.0 Å². The lowest BCUT2D eigenvalue weighted by Gasteiger charge is -2.25. The summed E-state index contributed by atoms with van der Waals surface area (Å²) in [4.78, 5) is 6.39. The maximum Gasteiger partial charge on any atom is 0.135 e. The van der Waals surface area contributed by atoms with Crippen molar-refractivity contribution in [1.82, 2.24) is 9.88 Å². The predicted molar refractivity (Wildman–Crippen MR) is 75.2 cm³/mol. The van der Waals surface area contributed by atoms with Crippen LogP contribution in [-0.4, -0.2) is 33.4 Å². The van der Waals surface area contributed by atoms with E-state index in [4.69, 9.17) is 5.41 Å². The van der Waals surface area contributed by atoms with Crippen molar-refractivity contribution >= 4 is 22.7 Å². The van der Waals surface area contributed by atoms with Gasteiger partial charge in [0.05, 0.1) is 17.8 Å². The molecule has 98 valence electrons. The fourth-order valence-electron chi connectivity index (χ4n) is 2.01. The van der Waals surface area contributed by atoms with Gasteiger partial charge in [0.25, 0.3) is 0 Å². The number of aliphatic hydroxyl groups excluding tert-OH is 1. The summed E-state index contributed by atoms with van der Waals surface area (Å²) in [6.07, 6.45) is 1.84. The molecule has 1 aliphatic rings. The Morgan fingerprint density at radius 3 is 2.83 bits per heavy atom. The Hall–Kier alpha value is -1.36. The molecular formula is C13H19N3OS. The van der Waals surface area contributed by atoms with E-state index < -0.39 is 0 Å². The number of aromatic nitrogens is 1. The summed E-state index contributed by atoms with van der Waals surface area (Å²) in [5.74, 6) is 0.677. The Labute approximate surface area is 111 Å². The molecule has 0 aromatic carbocycles. The number of aryl methyl sites for hydroxylation is 1. The standard InChI is InChI=1S/C13H19N3OS/c1-4-8(3)16-6-10(17)11(12(16)14)13-15-9(5-2)7-18-13/h7-8,14,17H,4-6H2,1-3H3/t8-/m1/s1. The molecule has 0 radical (unpaired) electrons. The van der Waals surface area contributed by atoms with Crippen LogP contribution in [0.1, 0.15) is 37.9 Å². The monoisotopic (exact) mass is 265 g/mol. The van der Waals surface area contributed by atoms with Crippen molar-refractivity contribution in [3.8, 4) is 0 Å². The summed E-state index contributed by atoms with van der Waals surface area (Å²) >= 11 is 1.50. The first kappa shape index (κ1) is 13.1. The fraction of sp³-hybridized carbons (Fsp3) is 0.538. The fourth-order valence-corrected chi connectivity index (χ4v) is 2.97. The molecule has 0 fully saturated rings. The molecule has 0 spiro atoms. The zero-order valence-corrected chi connectivity index (χ0v) is 11.8. The Morgan fingerprint density at radius 1 is 1.56 bits per heavy atom. The number of rotatable bonds is 4. The summed E-state index contributed by atoms with van der Waals surface area (Å²) in [6, 6.07) is 0.266. The zero-order valence-electron chi connectivity index (χ0n) is 11.0. The molecule has 0 saturated heterocycles. The molecule has 2 heterocycles. The molecule has 2 N–H and O–H groups in total. The van der Waals surface area contributed by atoms with E-state index in [-0.39, 0.29) is 11.8 Å². The Kier molecular flexibility index (Phi) is 3.71. The molecule has 0 amide bonds. The van der Waals surface area contributed by atoms with Gasteiger partial charge < -0.3 is 10.0 Å². The third kappa shape index (κ3) is 2.14. The smallest absolute Gasteiger partial charge is 0.135 e. The van der Waals surface area contributed by atoms with Crippen LogP contribution >= 0.6 is 11.3 Å². The van der Waals surface area contributed by atoms with Gasteiger partial charge in [-0.05, 0) is 19.8 Å². The number of nitrogens with zero attached hydrogens (tertiary/aromatic N) is 2. The van der Waals surface area contributed by atoms with Crippen LogP contribution in [0, 0.1) is 5.41 Å². The van der Waals surface area contributed by atoms with Gasteiger partial charge in [-0.25, -0.2) is 4.98 Å². The lowest BCUT2D eigenvalue weighted by atomic mass is 10.2. The first-order valence-electron chi connectivity index (χ1n) is 6.30. The number of aliphatic hydroxyl groups is 1. The highest BCUT2D eigenvalue weighted by Crippen LogP contribution is 2.31. The van der Waals surface area contributed by atoms with Crippen LogP contribution in [0.25, 0.3) is 5.57 Å². The molecule has 1 aromatic rings. The lowest BCUT2D eigenvalue weighted by molar-refractivity contribution is 0.301. The minimum atomic E-state index is 0.266. The molecule has 5 heteroatoms. The van der Waals surface area contributed by atoms with Crippen molar-refractivity contribution in [2.75, 3.05) is 6.54 Å². The van der Waals surface area contributed by atoms with E-state index in [9.17, 15) is 5.11 Å². The van der Waals surface area contributed by atoms with E-state index >= 15 is 0 Å². The van der Waals surface area contributed by atoms with Crippen LogP contribution in [0.5, 0.6) is 0 Å². The summed E-state index contributed by atoms with van der Waals surface area (Å²) < 4.78 is 0. The number of thiazole rings is 1. The van der Waals surface area contributed by atoms with Crippen LogP contribution < -0.4 is 0 Å². The quantitative estimate of drug-likeness (QED) is 0.879. The van der Waals surface area contributed by atoms with Crippen molar-refractivity contribution in [3.05, 3.63) is 21.8 Å². The van der Waals surface area contributed by atoms with E-state index in [1.165, 1.54) is 11.3 Å². The highest BCUT2D eigenvalue weighted by molar-refractivity contribution is 7.11. The second-order valence-electron chi connectivity index (χ2n) is 4.55. The second-order valence-corrected chi connectivity index (χ2v) is 5.41. The number of hydrogen-bond donors (Lipinski definition) is 2. The van der Waals surface area contributed by atoms with Gasteiger partial charge in [0.2, 0.25) is 0 Å². The van der Waals surface area contributed by atoms with Gasteiger partial charge in [0, 0.05) is 11.4 Å². The van der Waals surface area contributed by atoms with Crippen LogP contribution in [0.15, 0.2) is 11.1 Å². The summed E-state index contributed by atoms with van der Waals surface area (Å²) in [7, 11) is 0. The maximum absolute atomic E-state index is 10.1. The van der Waals surface area contributed by atoms with Gasteiger partial charge in [-0.3, -0.25) is 5.41 Å². The lowest BCUT2D eigenvalue weighted by Crippen LogP contribution is -2.34. The molecule has 0 aliphatic carbocycles. The van der Waals surface area contributed by atoms with Gasteiger partial charge in [0.1, 0.15) is 16.6 Å². The van der Waals surface area contributed by atoms with E-state index in [1.54, 1.807) is 0 Å². The van der Waals surface area contributed by atoms with Gasteiger partial charge in [0.15, 0.2) is 0 Å². The molecular weight excluding hydrogens is 246 g/mol. The van der Waals surface area contributed by atoms with E-state index in [1.807, 2.05) is 10.3 Å². The van der Waals surface area contributed by atoms with E-state index in [0.717, 1.165) is 23.5 Å². The minimum absolute atomic E-state index is 0.266. The average molecular weight is 265 g/mol. The second kappa shape index (κ2) is 5.10. The first-order valence-corrected chi connectivity index (χ1v) is 7.18. The van der Waals surface area contributed by atoms with Gasteiger partial charge in [-0.1, -0.05) is 13.8 Å². The first-order chi connectivity index (χ1) is 8.58. The Balaban J connectivity index is 2.28. The van der Waals surface area contributed by atoms with Crippen molar-refractivity contribution in [3.63, 3.8) is 0 Å². The third-order valence-corrected chi connectivity index (χ3v) is 4.29. The molecule has 2 rings (SSSR count). The third-order valence-electron chi connectivity index (χ3n) is 3.38. The van der Waals surface area contributed by atoms with Crippen LogP contribution in [-0.2, 0) is 6.42 Å². The predicted octanol–water partition coefficient (Wildman–Crippen LogP) is 3.07.